The van der Waals surface area contributed by atoms with E-state index < -0.39 is 0 Å². The Morgan fingerprint density at radius 1 is 1.32 bits per heavy atom. The number of hydrogen-bond donors (Lipinski definition) is 1. The van der Waals surface area contributed by atoms with Gasteiger partial charge in [0.2, 0.25) is 0 Å². The molecule has 0 spiro atoms. The fraction of sp³-hybridized carbons (Fsp3) is 0.733. The molecule has 0 bridgehead atoms. The maximum atomic E-state index is 12.0. The Morgan fingerprint density at radius 2 is 1.89 bits per heavy atom. The highest BCUT2D eigenvalue weighted by Gasteiger charge is 2.29. The number of nitrogens with zero attached hydrogens (tertiary/aromatic N) is 1. The maximum absolute atomic E-state index is 12.0. The van der Waals surface area contributed by atoms with Crippen LogP contribution in [0.4, 0.5) is 0 Å². The molecule has 0 unspecified atom stereocenters. The van der Waals surface area contributed by atoms with Crippen molar-refractivity contribution in [1.29, 1.82) is 0 Å². The number of rotatable bonds is 2. The summed E-state index contributed by atoms with van der Waals surface area (Å²) in [6, 6.07) is 0. The monoisotopic (exact) mass is 374 g/mol. The van der Waals surface area contributed by atoms with Gasteiger partial charge in [0, 0.05) is 5.92 Å². The van der Waals surface area contributed by atoms with Gasteiger partial charge in [0.15, 0.2) is 0 Å². The smallest absolute Gasteiger partial charge is 0.264 e. The number of hydrogen-bond acceptors (Lipinski definition) is 2. The van der Waals surface area contributed by atoms with E-state index in [2.05, 4.69) is 55.3 Å². The fourth-order valence-corrected chi connectivity index (χ4v) is 3.62. The molecule has 2 rings (SSSR count). The van der Waals surface area contributed by atoms with Crippen LogP contribution in [0.1, 0.15) is 76.7 Å². The Morgan fingerprint density at radius 3 is 2.42 bits per heavy atom. The van der Waals surface area contributed by atoms with Crippen molar-refractivity contribution >= 4 is 22.6 Å². The molecule has 4 heteroatoms. The van der Waals surface area contributed by atoms with Gasteiger partial charge in [0.05, 0.1) is 9.26 Å². The van der Waals surface area contributed by atoms with Crippen LogP contribution in [0.3, 0.4) is 0 Å². The highest BCUT2D eigenvalue weighted by molar-refractivity contribution is 14.1. The van der Waals surface area contributed by atoms with E-state index >= 15 is 0 Å². The Balaban J connectivity index is 2.29. The summed E-state index contributed by atoms with van der Waals surface area (Å²) in [7, 11) is 0. The van der Waals surface area contributed by atoms with E-state index in [0.29, 0.717) is 17.3 Å². The minimum atomic E-state index is 0.0270. The van der Waals surface area contributed by atoms with Gasteiger partial charge in [-0.25, -0.2) is 4.98 Å². The van der Waals surface area contributed by atoms with E-state index in [1.165, 1.54) is 12.8 Å². The molecule has 0 aliphatic heterocycles. The van der Waals surface area contributed by atoms with E-state index in [4.69, 9.17) is 4.98 Å². The van der Waals surface area contributed by atoms with Crippen molar-refractivity contribution in [1.82, 2.24) is 9.97 Å². The molecule has 1 aliphatic carbocycles. The summed E-state index contributed by atoms with van der Waals surface area (Å²) >= 11 is 2.11. The topological polar surface area (TPSA) is 45.8 Å². The molecule has 1 aromatic heterocycles. The van der Waals surface area contributed by atoms with Crippen LogP contribution in [0.15, 0.2) is 4.79 Å². The molecule has 1 heterocycles. The molecule has 3 nitrogen and oxygen atoms in total. The molecule has 106 valence electrons. The SMILES string of the molecule is CC(C)c1nc(C2CCC(C)(C)CC2)[nH]c(=O)c1I. The van der Waals surface area contributed by atoms with Crippen LogP contribution >= 0.6 is 22.6 Å². The zero-order chi connectivity index (χ0) is 14.2. The average molecular weight is 374 g/mol. The molecule has 0 aromatic carbocycles. The molecule has 0 radical (unpaired) electrons. The Labute approximate surface area is 128 Å². The first-order chi connectivity index (χ1) is 8.80. The van der Waals surface area contributed by atoms with E-state index in [1.807, 2.05) is 0 Å². The Kier molecular flexibility index (Phi) is 4.38. The molecule has 19 heavy (non-hydrogen) atoms. The molecule has 0 saturated heterocycles. The molecule has 0 atom stereocenters. The third-order valence-electron chi connectivity index (χ3n) is 4.18. The third-order valence-corrected chi connectivity index (χ3v) is 5.22. The van der Waals surface area contributed by atoms with Crippen molar-refractivity contribution in [2.75, 3.05) is 0 Å². The maximum Gasteiger partial charge on any atom is 0.264 e. The predicted molar refractivity (Wildman–Crippen MR) is 86.7 cm³/mol. The molecular formula is C15H23IN2O. The van der Waals surface area contributed by atoms with Crippen LogP contribution in [0.2, 0.25) is 0 Å². The number of H-pyrrole nitrogens is 1. The number of halogens is 1. The summed E-state index contributed by atoms with van der Waals surface area (Å²) in [5.41, 5.74) is 1.42. The summed E-state index contributed by atoms with van der Waals surface area (Å²) in [6.45, 7) is 8.84. The van der Waals surface area contributed by atoms with Crippen LogP contribution < -0.4 is 5.56 Å². The number of nitrogens with one attached hydrogen (secondary N) is 1. The summed E-state index contributed by atoms with van der Waals surface area (Å²) in [4.78, 5) is 19.8. The molecule has 1 N–H and O–H groups in total. The van der Waals surface area contributed by atoms with Crippen molar-refractivity contribution in [2.45, 2.75) is 65.2 Å². The lowest BCUT2D eigenvalue weighted by Gasteiger charge is -2.33. The Hall–Kier alpha value is -0.390. The van der Waals surface area contributed by atoms with Crippen molar-refractivity contribution in [3.63, 3.8) is 0 Å². The summed E-state index contributed by atoms with van der Waals surface area (Å²) in [5.74, 6) is 1.63. The standard InChI is InChI=1S/C15H23IN2O/c1-9(2)12-11(16)14(19)18-13(17-12)10-5-7-15(3,4)8-6-10/h9-10H,5-8H2,1-4H3,(H,17,18,19). The van der Waals surface area contributed by atoms with Crippen LogP contribution in [-0.4, -0.2) is 9.97 Å². The van der Waals surface area contributed by atoms with Gasteiger partial charge in [-0.3, -0.25) is 4.79 Å². The summed E-state index contributed by atoms with van der Waals surface area (Å²) in [6.07, 6.45) is 4.69. The van der Waals surface area contributed by atoms with Crippen molar-refractivity contribution in [2.24, 2.45) is 5.41 Å². The number of aromatic amines is 1. The van der Waals surface area contributed by atoms with Gasteiger partial charge in [-0.05, 0) is 59.6 Å². The van der Waals surface area contributed by atoms with E-state index in [1.54, 1.807) is 0 Å². The minimum Gasteiger partial charge on any atom is -0.309 e. The molecular weight excluding hydrogens is 351 g/mol. The molecule has 1 saturated carbocycles. The molecule has 1 aromatic rings. The van der Waals surface area contributed by atoms with E-state index in [0.717, 1.165) is 27.9 Å². The highest BCUT2D eigenvalue weighted by atomic mass is 127. The predicted octanol–water partition coefficient (Wildman–Crippen LogP) is 4.18. The molecule has 0 amide bonds. The average Bonchev–Trinajstić information content (AvgIpc) is 2.32. The van der Waals surface area contributed by atoms with Crippen LogP contribution in [0, 0.1) is 8.99 Å². The fourth-order valence-electron chi connectivity index (χ4n) is 2.74. The molecule has 1 fully saturated rings. The van der Waals surface area contributed by atoms with Gasteiger partial charge in [0.1, 0.15) is 5.82 Å². The van der Waals surface area contributed by atoms with Crippen molar-refractivity contribution in [3.05, 3.63) is 25.4 Å². The first kappa shape index (κ1) is 15.0. The van der Waals surface area contributed by atoms with E-state index in [-0.39, 0.29) is 5.56 Å². The van der Waals surface area contributed by atoms with Crippen LogP contribution in [-0.2, 0) is 0 Å². The first-order valence-electron chi connectivity index (χ1n) is 7.10. The van der Waals surface area contributed by atoms with Crippen LogP contribution in [0.25, 0.3) is 0 Å². The van der Waals surface area contributed by atoms with Gasteiger partial charge in [0.25, 0.3) is 5.56 Å². The minimum absolute atomic E-state index is 0.0270. The largest absolute Gasteiger partial charge is 0.309 e. The lowest BCUT2D eigenvalue weighted by Crippen LogP contribution is -2.25. The van der Waals surface area contributed by atoms with Gasteiger partial charge in [-0.1, -0.05) is 27.7 Å². The zero-order valence-corrected chi connectivity index (χ0v) is 14.4. The van der Waals surface area contributed by atoms with Gasteiger partial charge >= 0.3 is 0 Å². The quantitative estimate of drug-likeness (QED) is 0.790. The number of aromatic nitrogens is 2. The van der Waals surface area contributed by atoms with Gasteiger partial charge in [-0.2, -0.15) is 0 Å². The normalized spacial score (nSPS) is 19.9. The zero-order valence-electron chi connectivity index (χ0n) is 12.2. The second-order valence-corrected chi connectivity index (χ2v) is 7.82. The van der Waals surface area contributed by atoms with Crippen LogP contribution in [0.5, 0.6) is 0 Å². The second kappa shape index (κ2) is 5.54. The Bertz CT molecular complexity index is 509. The summed E-state index contributed by atoms with van der Waals surface area (Å²) in [5, 5.41) is 0. The first-order valence-corrected chi connectivity index (χ1v) is 8.17. The highest BCUT2D eigenvalue weighted by Crippen LogP contribution is 2.41. The lowest BCUT2D eigenvalue weighted by molar-refractivity contribution is 0.220. The summed E-state index contributed by atoms with van der Waals surface area (Å²) < 4.78 is 0.743. The lowest BCUT2D eigenvalue weighted by atomic mass is 9.73. The van der Waals surface area contributed by atoms with Gasteiger partial charge < -0.3 is 4.98 Å². The second-order valence-electron chi connectivity index (χ2n) is 6.74. The van der Waals surface area contributed by atoms with E-state index in [9.17, 15) is 4.79 Å². The van der Waals surface area contributed by atoms with Crippen molar-refractivity contribution < 1.29 is 0 Å². The van der Waals surface area contributed by atoms with Gasteiger partial charge in [-0.15, -0.1) is 0 Å². The molecule has 1 aliphatic rings. The third kappa shape index (κ3) is 3.38. The van der Waals surface area contributed by atoms with Crippen molar-refractivity contribution in [3.8, 4) is 0 Å².